The largest absolute Gasteiger partial charge is 0.496 e. The lowest BCUT2D eigenvalue weighted by atomic mass is 9.77. The van der Waals surface area contributed by atoms with Gasteiger partial charge >= 0.3 is 7.12 Å². The van der Waals surface area contributed by atoms with E-state index in [1.807, 2.05) is 39.8 Å². The normalized spacial score (nSPS) is 22.9. The van der Waals surface area contributed by atoms with Crippen LogP contribution >= 0.6 is 11.6 Å². The van der Waals surface area contributed by atoms with Crippen molar-refractivity contribution in [1.82, 2.24) is 0 Å². The number of hydrogen-bond acceptors (Lipinski definition) is 3. The molecule has 2 aliphatic heterocycles. The molecule has 0 unspecified atom stereocenters. The van der Waals surface area contributed by atoms with E-state index in [9.17, 15) is 4.79 Å². The molecule has 2 aliphatic rings. The van der Waals surface area contributed by atoms with Gasteiger partial charge in [-0.2, -0.15) is 0 Å². The van der Waals surface area contributed by atoms with Crippen molar-refractivity contribution in [3.05, 3.63) is 22.7 Å². The Morgan fingerprint density at radius 2 is 1.76 bits per heavy atom. The molecule has 0 saturated carbocycles. The molecule has 21 heavy (non-hydrogen) atoms. The number of carbonyl (C=O) groups excluding carboxylic acids is 1. The van der Waals surface area contributed by atoms with Crippen LogP contribution in [0.25, 0.3) is 0 Å². The monoisotopic (exact) mass is 307 g/mol. The lowest BCUT2D eigenvalue weighted by Gasteiger charge is -2.32. The van der Waals surface area contributed by atoms with Crippen LogP contribution in [0.1, 0.15) is 39.7 Å². The van der Waals surface area contributed by atoms with E-state index in [4.69, 9.17) is 20.9 Å². The highest BCUT2D eigenvalue weighted by Gasteiger charge is 2.52. The number of anilines is 1. The number of hydrogen-bond donors (Lipinski definition) is 1. The van der Waals surface area contributed by atoms with E-state index >= 15 is 0 Å². The molecule has 0 radical (unpaired) electrons. The fourth-order valence-electron chi connectivity index (χ4n) is 2.57. The Balaban J connectivity index is 1.97. The summed E-state index contributed by atoms with van der Waals surface area (Å²) in [7, 11) is -0.522. The number of aryl methyl sites for hydroxylation is 1. The maximum atomic E-state index is 11.5. The Morgan fingerprint density at radius 1 is 1.14 bits per heavy atom. The number of nitrogens with one attached hydrogen (secondary N) is 1. The highest BCUT2D eigenvalue weighted by Crippen LogP contribution is 2.37. The van der Waals surface area contributed by atoms with E-state index in [1.54, 1.807) is 0 Å². The third-order valence-electron chi connectivity index (χ3n) is 4.63. The van der Waals surface area contributed by atoms with Crippen molar-refractivity contribution in [2.45, 2.75) is 51.7 Å². The molecule has 0 spiro atoms. The van der Waals surface area contributed by atoms with Gasteiger partial charge in [-0.15, -0.1) is 0 Å². The molecule has 0 bridgehead atoms. The second-order valence-corrected chi connectivity index (χ2v) is 7.07. The lowest BCUT2D eigenvalue weighted by Crippen LogP contribution is -2.41. The smallest absolute Gasteiger partial charge is 0.399 e. The summed E-state index contributed by atoms with van der Waals surface area (Å²) in [6.07, 6.45) is 1.21. The summed E-state index contributed by atoms with van der Waals surface area (Å²) in [5.74, 6) is 0.0321. The lowest BCUT2D eigenvalue weighted by molar-refractivity contribution is -0.116. The zero-order chi connectivity index (χ0) is 15.4. The van der Waals surface area contributed by atoms with E-state index in [1.165, 1.54) is 0 Å². The Morgan fingerprint density at radius 3 is 2.38 bits per heavy atom. The predicted molar refractivity (Wildman–Crippen MR) is 84.1 cm³/mol. The molecule has 1 amide bonds. The summed E-state index contributed by atoms with van der Waals surface area (Å²) in [5.41, 5.74) is 1.79. The number of carbonyl (C=O) groups is 1. The minimum Gasteiger partial charge on any atom is -0.399 e. The zero-order valence-electron chi connectivity index (χ0n) is 12.7. The standard InChI is InChI=1S/C15H19BClNO3/c1-14(2)15(3,4)21-16(20-14)10-8-12-9(7-11(10)17)5-6-13(19)18-12/h7-8H,5-6H2,1-4H3,(H,18,19). The Bertz CT molecular complexity index is 599. The van der Waals surface area contributed by atoms with Gasteiger partial charge in [0.05, 0.1) is 11.2 Å². The van der Waals surface area contributed by atoms with Gasteiger partial charge in [-0.05, 0) is 51.8 Å². The number of halogens is 1. The summed E-state index contributed by atoms with van der Waals surface area (Å²) in [6.45, 7) is 8.00. The van der Waals surface area contributed by atoms with E-state index < -0.39 is 18.3 Å². The predicted octanol–water partition coefficient (Wildman–Crippen LogP) is 2.52. The van der Waals surface area contributed by atoms with Crippen LogP contribution < -0.4 is 10.8 Å². The second kappa shape index (κ2) is 4.73. The molecular formula is C15H19BClNO3. The van der Waals surface area contributed by atoms with Crippen LogP contribution in [0.2, 0.25) is 5.02 Å². The van der Waals surface area contributed by atoms with Gasteiger partial charge in [0.1, 0.15) is 0 Å². The van der Waals surface area contributed by atoms with Crippen molar-refractivity contribution in [1.29, 1.82) is 0 Å². The summed E-state index contributed by atoms with van der Waals surface area (Å²) < 4.78 is 12.1. The molecular weight excluding hydrogens is 288 g/mol. The van der Waals surface area contributed by atoms with Gasteiger partial charge in [0, 0.05) is 22.6 Å². The van der Waals surface area contributed by atoms with Crippen LogP contribution in [0.3, 0.4) is 0 Å². The molecule has 2 heterocycles. The topological polar surface area (TPSA) is 47.6 Å². The highest BCUT2D eigenvalue weighted by molar-refractivity contribution is 6.65. The first-order valence-corrected chi connectivity index (χ1v) is 7.55. The number of rotatable bonds is 1. The van der Waals surface area contributed by atoms with Gasteiger partial charge in [0.2, 0.25) is 5.91 Å². The molecule has 3 rings (SSSR count). The molecule has 6 heteroatoms. The molecule has 0 atom stereocenters. The number of fused-ring (bicyclic) bond motifs is 1. The van der Waals surface area contributed by atoms with Gasteiger partial charge < -0.3 is 14.6 Å². The first-order chi connectivity index (χ1) is 9.69. The highest BCUT2D eigenvalue weighted by atomic mass is 35.5. The van der Waals surface area contributed by atoms with E-state index in [0.717, 1.165) is 16.7 Å². The minimum atomic E-state index is -0.522. The van der Waals surface area contributed by atoms with Crippen molar-refractivity contribution in [3.63, 3.8) is 0 Å². The molecule has 112 valence electrons. The summed E-state index contributed by atoms with van der Waals surface area (Å²) in [6, 6.07) is 3.77. The molecule has 4 nitrogen and oxygen atoms in total. The third kappa shape index (κ3) is 2.47. The summed E-state index contributed by atoms with van der Waals surface area (Å²) in [4.78, 5) is 11.5. The SMILES string of the molecule is CC1(C)OB(c2cc3c(cc2Cl)CCC(=O)N3)OC1(C)C. The van der Waals surface area contributed by atoms with Crippen molar-refractivity contribution in [3.8, 4) is 0 Å². The average molecular weight is 308 g/mol. The van der Waals surface area contributed by atoms with Gasteiger partial charge in [0.25, 0.3) is 0 Å². The first kappa shape index (κ1) is 14.9. The van der Waals surface area contributed by atoms with Crippen LogP contribution in [0, 0.1) is 0 Å². The van der Waals surface area contributed by atoms with E-state index in [-0.39, 0.29) is 5.91 Å². The summed E-state index contributed by atoms with van der Waals surface area (Å²) in [5, 5.41) is 3.50. The second-order valence-electron chi connectivity index (χ2n) is 6.67. The van der Waals surface area contributed by atoms with Crippen molar-refractivity contribution < 1.29 is 14.1 Å². The third-order valence-corrected chi connectivity index (χ3v) is 4.95. The maximum absolute atomic E-state index is 11.5. The average Bonchev–Trinajstić information content (AvgIpc) is 2.58. The Hall–Kier alpha value is -1.04. The Labute approximate surface area is 130 Å². The fourth-order valence-corrected chi connectivity index (χ4v) is 2.84. The quantitative estimate of drug-likeness (QED) is 0.811. The van der Waals surface area contributed by atoms with E-state index in [0.29, 0.717) is 17.9 Å². The molecule has 1 saturated heterocycles. The molecule has 0 aliphatic carbocycles. The number of amides is 1. The van der Waals surface area contributed by atoms with Crippen LogP contribution in [0.15, 0.2) is 12.1 Å². The van der Waals surface area contributed by atoms with Gasteiger partial charge in [-0.3, -0.25) is 4.79 Å². The van der Waals surface area contributed by atoms with Gasteiger partial charge in [-0.1, -0.05) is 11.6 Å². The van der Waals surface area contributed by atoms with Gasteiger partial charge in [0.15, 0.2) is 0 Å². The molecule has 1 aromatic carbocycles. The summed E-state index contributed by atoms with van der Waals surface area (Å²) >= 11 is 6.39. The first-order valence-electron chi connectivity index (χ1n) is 7.17. The van der Waals surface area contributed by atoms with Crippen molar-refractivity contribution in [2.24, 2.45) is 0 Å². The molecule has 1 fully saturated rings. The molecule has 0 aromatic heterocycles. The van der Waals surface area contributed by atoms with Crippen LogP contribution in [-0.2, 0) is 20.5 Å². The van der Waals surface area contributed by atoms with Crippen LogP contribution in [0.4, 0.5) is 5.69 Å². The van der Waals surface area contributed by atoms with Gasteiger partial charge in [-0.25, -0.2) is 0 Å². The fraction of sp³-hybridized carbons (Fsp3) is 0.533. The maximum Gasteiger partial charge on any atom is 0.496 e. The van der Waals surface area contributed by atoms with Crippen molar-refractivity contribution in [2.75, 3.05) is 5.32 Å². The number of benzene rings is 1. The minimum absolute atomic E-state index is 0.0321. The van der Waals surface area contributed by atoms with Crippen LogP contribution in [0.5, 0.6) is 0 Å². The zero-order valence-corrected chi connectivity index (χ0v) is 13.5. The van der Waals surface area contributed by atoms with Crippen LogP contribution in [-0.4, -0.2) is 24.2 Å². The Kier molecular flexibility index (Phi) is 3.35. The van der Waals surface area contributed by atoms with E-state index in [2.05, 4.69) is 5.32 Å². The molecule has 1 N–H and O–H groups in total. The molecule has 1 aromatic rings. The van der Waals surface area contributed by atoms with Crippen molar-refractivity contribution >= 4 is 35.8 Å².